The highest BCUT2D eigenvalue weighted by Gasteiger charge is 2.30. The fourth-order valence-electron chi connectivity index (χ4n) is 2.84. The van der Waals surface area contributed by atoms with Crippen molar-refractivity contribution in [1.29, 1.82) is 0 Å². The average molecular weight is 294 g/mol. The van der Waals surface area contributed by atoms with E-state index in [0.717, 1.165) is 30.6 Å². The maximum Gasteiger partial charge on any atom is 0.199 e. The van der Waals surface area contributed by atoms with Crippen molar-refractivity contribution in [1.82, 2.24) is 9.38 Å². The van der Waals surface area contributed by atoms with Crippen molar-refractivity contribution in [3.05, 3.63) is 30.2 Å². The van der Waals surface area contributed by atoms with Gasteiger partial charge in [0.15, 0.2) is 15.7 Å². The van der Waals surface area contributed by atoms with Crippen LogP contribution in [-0.4, -0.2) is 35.9 Å². The highest BCUT2D eigenvalue weighted by molar-refractivity contribution is 7.92. The molecule has 20 heavy (non-hydrogen) atoms. The smallest absolute Gasteiger partial charge is 0.199 e. The summed E-state index contributed by atoms with van der Waals surface area (Å²) in [6.45, 7) is 0. The molecule has 1 aliphatic rings. The summed E-state index contributed by atoms with van der Waals surface area (Å²) in [5.41, 5.74) is 0.924. The molecule has 1 atom stereocenters. The van der Waals surface area contributed by atoms with Gasteiger partial charge >= 0.3 is 0 Å². The Morgan fingerprint density at radius 1 is 1.40 bits per heavy atom. The van der Waals surface area contributed by atoms with Gasteiger partial charge in [0.25, 0.3) is 0 Å². The fraction of sp³-hybridized carbons (Fsp3) is 0.500. The molecule has 6 heteroatoms. The van der Waals surface area contributed by atoms with Gasteiger partial charge in [-0.1, -0.05) is 12.5 Å². The molecule has 2 aromatic rings. The molecule has 0 saturated carbocycles. The van der Waals surface area contributed by atoms with Gasteiger partial charge < -0.3 is 4.74 Å². The van der Waals surface area contributed by atoms with Crippen LogP contribution in [0, 0.1) is 0 Å². The van der Waals surface area contributed by atoms with Crippen molar-refractivity contribution in [2.24, 2.45) is 0 Å². The summed E-state index contributed by atoms with van der Waals surface area (Å²) in [5, 5.41) is -0.313. The molecule has 0 aromatic carbocycles. The van der Waals surface area contributed by atoms with Gasteiger partial charge in [0.05, 0.1) is 29.8 Å². The molecule has 3 rings (SSSR count). The average Bonchev–Trinajstić information content (AvgIpc) is 2.84. The maximum absolute atomic E-state index is 12.1. The molecular formula is C14H18N2O3S. The van der Waals surface area contributed by atoms with Crippen LogP contribution in [0.4, 0.5) is 0 Å². The summed E-state index contributed by atoms with van der Waals surface area (Å²) in [4.78, 5) is 4.38. The predicted octanol–water partition coefficient (Wildman–Crippen LogP) is 1.85. The standard InChI is InChI=1S/C14H18N2O3S/c1-19-14-7-4-5-11-10-15-13(16(11)14)9-12-6-2-3-8-20(12,17)18/h4-5,7,10,12H,2-3,6,8-9H2,1H3. The summed E-state index contributed by atoms with van der Waals surface area (Å²) in [6, 6.07) is 5.69. The number of pyridine rings is 1. The third kappa shape index (κ3) is 2.28. The second-order valence-electron chi connectivity index (χ2n) is 5.19. The van der Waals surface area contributed by atoms with E-state index in [1.807, 2.05) is 22.6 Å². The summed E-state index contributed by atoms with van der Waals surface area (Å²) < 4.78 is 31.5. The van der Waals surface area contributed by atoms with Gasteiger partial charge in [0.2, 0.25) is 0 Å². The van der Waals surface area contributed by atoms with Crippen molar-refractivity contribution < 1.29 is 13.2 Å². The zero-order valence-corrected chi connectivity index (χ0v) is 12.3. The van der Waals surface area contributed by atoms with Crippen molar-refractivity contribution in [3.63, 3.8) is 0 Å². The molecule has 0 N–H and O–H groups in total. The molecule has 1 saturated heterocycles. The first-order chi connectivity index (χ1) is 9.62. The summed E-state index contributed by atoms with van der Waals surface area (Å²) in [6.07, 6.45) is 4.70. The van der Waals surface area contributed by atoms with Crippen molar-refractivity contribution in [2.75, 3.05) is 12.9 Å². The van der Waals surface area contributed by atoms with Crippen molar-refractivity contribution in [3.8, 4) is 5.88 Å². The Morgan fingerprint density at radius 3 is 3.00 bits per heavy atom. The predicted molar refractivity (Wildman–Crippen MR) is 76.9 cm³/mol. The van der Waals surface area contributed by atoms with Gasteiger partial charge in [0.1, 0.15) is 5.82 Å². The van der Waals surface area contributed by atoms with Gasteiger partial charge in [-0.3, -0.25) is 4.40 Å². The van der Waals surface area contributed by atoms with E-state index in [0.29, 0.717) is 18.1 Å². The number of imidazole rings is 1. The van der Waals surface area contributed by atoms with Crippen LogP contribution >= 0.6 is 0 Å². The molecule has 0 amide bonds. The first kappa shape index (κ1) is 13.4. The van der Waals surface area contributed by atoms with Gasteiger partial charge in [-0.2, -0.15) is 0 Å². The number of hydrogen-bond donors (Lipinski definition) is 0. The molecule has 0 spiro atoms. The lowest BCUT2D eigenvalue weighted by Gasteiger charge is -2.21. The molecule has 1 unspecified atom stereocenters. The summed E-state index contributed by atoms with van der Waals surface area (Å²) in [7, 11) is -1.37. The Morgan fingerprint density at radius 2 is 2.25 bits per heavy atom. The van der Waals surface area contributed by atoms with E-state index >= 15 is 0 Å². The Labute approximate surface area is 118 Å². The van der Waals surface area contributed by atoms with Crippen molar-refractivity contribution in [2.45, 2.75) is 30.9 Å². The first-order valence-electron chi connectivity index (χ1n) is 6.83. The minimum atomic E-state index is -2.98. The number of aromatic nitrogens is 2. The van der Waals surface area contributed by atoms with Crippen LogP contribution < -0.4 is 4.74 Å². The lowest BCUT2D eigenvalue weighted by molar-refractivity contribution is 0.389. The number of sulfone groups is 1. The highest BCUT2D eigenvalue weighted by Crippen LogP contribution is 2.25. The first-order valence-corrected chi connectivity index (χ1v) is 8.54. The zero-order valence-electron chi connectivity index (χ0n) is 11.4. The van der Waals surface area contributed by atoms with Gasteiger partial charge in [-0.05, 0) is 25.0 Å². The molecule has 1 aliphatic heterocycles. The fourth-order valence-corrected chi connectivity index (χ4v) is 4.71. The normalized spacial score (nSPS) is 21.9. The van der Waals surface area contributed by atoms with Crippen LogP contribution in [0.25, 0.3) is 5.52 Å². The van der Waals surface area contributed by atoms with Crippen LogP contribution in [0.1, 0.15) is 25.1 Å². The van der Waals surface area contributed by atoms with E-state index < -0.39 is 9.84 Å². The lowest BCUT2D eigenvalue weighted by atomic mass is 10.1. The molecule has 1 fully saturated rings. The lowest BCUT2D eigenvalue weighted by Crippen LogP contribution is -2.30. The quantitative estimate of drug-likeness (QED) is 0.867. The van der Waals surface area contributed by atoms with E-state index in [9.17, 15) is 8.42 Å². The Kier molecular flexibility index (Phi) is 3.41. The minimum absolute atomic E-state index is 0.304. The topological polar surface area (TPSA) is 60.7 Å². The highest BCUT2D eigenvalue weighted by atomic mass is 32.2. The Balaban J connectivity index is 1.99. The SMILES string of the molecule is COc1cccc2cnc(CC3CCCCS3(=O)=O)n12. The third-order valence-electron chi connectivity index (χ3n) is 3.92. The Bertz CT molecular complexity index is 721. The molecule has 0 radical (unpaired) electrons. The van der Waals surface area contributed by atoms with E-state index in [2.05, 4.69) is 4.98 Å². The van der Waals surface area contributed by atoms with E-state index in [4.69, 9.17) is 4.74 Å². The van der Waals surface area contributed by atoms with Gasteiger partial charge in [-0.15, -0.1) is 0 Å². The third-order valence-corrected chi connectivity index (χ3v) is 6.20. The second-order valence-corrected chi connectivity index (χ2v) is 7.59. The number of rotatable bonds is 3. The molecule has 3 heterocycles. The van der Waals surface area contributed by atoms with Crippen LogP contribution in [0.15, 0.2) is 24.4 Å². The van der Waals surface area contributed by atoms with E-state index in [1.54, 1.807) is 13.3 Å². The molecule has 0 aliphatic carbocycles. The zero-order chi connectivity index (χ0) is 14.2. The number of hydrogen-bond acceptors (Lipinski definition) is 4. The van der Waals surface area contributed by atoms with Crippen LogP contribution in [0.3, 0.4) is 0 Å². The number of ether oxygens (including phenoxy) is 1. The van der Waals surface area contributed by atoms with Crippen LogP contribution in [0.2, 0.25) is 0 Å². The monoisotopic (exact) mass is 294 g/mol. The largest absolute Gasteiger partial charge is 0.482 e. The second kappa shape index (κ2) is 5.09. The van der Waals surface area contributed by atoms with Crippen LogP contribution in [-0.2, 0) is 16.3 Å². The number of fused-ring (bicyclic) bond motifs is 1. The van der Waals surface area contributed by atoms with E-state index in [1.165, 1.54) is 0 Å². The number of methoxy groups -OCH3 is 1. The summed E-state index contributed by atoms with van der Waals surface area (Å²) in [5.74, 6) is 1.74. The Hall–Kier alpha value is -1.56. The molecule has 5 nitrogen and oxygen atoms in total. The molecule has 2 aromatic heterocycles. The maximum atomic E-state index is 12.1. The molecular weight excluding hydrogens is 276 g/mol. The van der Waals surface area contributed by atoms with Gasteiger partial charge in [-0.25, -0.2) is 13.4 Å². The molecule has 108 valence electrons. The number of nitrogens with zero attached hydrogens (tertiary/aromatic N) is 2. The summed E-state index contributed by atoms with van der Waals surface area (Å²) >= 11 is 0. The van der Waals surface area contributed by atoms with Crippen molar-refractivity contribution >= 4 is 15.4 Å². The van der Waals surface area contributed by atoms with Gasteiger partial charge in [0, 0.05) is 6.42 Å². The minimum Gasteiger partial charge on any atom is -0.482 e. The van der Waals surface area contributed by atoms with Crippen LogP contribution in [0.5, 0.6) is 5.88 Å². The van der Waals surface area contributed by atoms with E-state index in [-0.39, 0.29) is 5.25 Å². The molecule has 0 bridgehead atoms.